The molecule has 0 atom stereocenters. The second kappa shape index (κ2) is 8.92. The molecule has 0 spiro atoms. The van der Waals surface area contributed by atoms with Gasteiger partial charge in [0.1, 0.15) is 11.2 Å². The highest BCUT2D eigenvalue weighted by atomic mass is 16.6. The van der Waals surface area contributed by atoms with Crippen LogP contribution in [0.25, 0.3) is 0 Å². The van der Waals surface area contributed by atoms with Crippen molar-refractivity contribution in [2.75, 3.05) is 20.1 Å². The van der Waals surface area contributed by atoms with Crippen molar-refractivity contribution in [3.8, 4) is 0 Å². The van der Waals surface area contributed by atoms with Gasteiger partial charge in [-0.25, -0.2) is 9.59 Å². The summed E-state index contributed by atoms with van der Waals surface area (Å²) in [5.41, 5.74) is -0.137. The monoisotopic (exact) mass is 364 g/mol. The maximum absolute atomic E-state index is 12.5. The van der Waals surface area contributed by atoms with E-state index in [9.17, 15) is 9.59 Å². The summed E-state index contributed by atoms with van der Waals surface area (Å²) in [4.78, 5) is 27.7. The molecular formula is C20H32N2O4. The minimum absolute atomic E-state index is 0.347. The molecule has 0 aromatic heterocycles. The van der Waals surface area contributed by atoms with E-state index in [1.54, 1.807) is 11.9 Å². The zero-order valence-corrected chi connectivity index (χ0v) is 17.0. The van der Waals surface area contributed by atoms with Crippen molar-refractivity contribution in [1.29, 1.82) is 0 Å². The van der Waals surface area contributed by atoms with E-state index in [-0.39, 0.29) is 0 Å². The molecule has 0 saturated carbocycles. The number of amides is 2. The van der Waals surface area contributed by atoms with E-state index in [4.69, 9.17) is 9.47 Å². The number of hydrogen-bond donors (Lipinski definition) is 0. The van der Waals surface area contributed by atoms with Gasteiger partial charge in [0.05, 0.1) is 0 Å². The number of likely N-dealkylation sites (N-methyl/N-ethyl adjacent to an activating group) is 1. The lowest BCUT2D eigenvalue weighted by molar-refractivity contribution is 0.0152. The van der Waals surface area contributed by atoms with Gasteiger partial charge in [-0.1, -0.05) is 30.3 Å². The number of carbonyl (C=O) groups is 2. The third-order valence-electron chi connectivity index (χ3n) is 3.28. The molecule has 0 N–H and O–H groups in total. The van der Waals surface area contributed by atoms with Crippen molar-refractivity contribution < 1.29 is 19.1 Å². The molecule has 0 saturated heterocycles. The van der Waals surface area contributed by atoms with Crippen molar-refractivity contribution in [3.63, 3.8) is 0 Å². The van der Waals surface area contributed by atoms with Gasteiger partial charge in [0.25, 0.3) is 0 Å². The summed E-state index contributed by atoms with van der Waals surface area (Å²) in [5.74, 6) is 0. The topological polar surface area (TPSA) is 59.1 Å². The van der Waals surface area contributed by atoms with Crippen LogP contribution in [0.3, 0.4) is 0 Å². The first kappa shape index (κ1) is 21.8. The quantitative estimate of drug-likeness (QED) is 0.782. The molecule has 0 heterocycles. The van der Waals surface area contributed by atoms with Gasteiger partial charge in [-0.3, -0.25) is 0 Å². The Morgan fingerprint density at radius 2 is 1.35 bits per heavy atom. The number of hydrogen-bond acceptors (Lipinski definition) is 4. The smallest absolute Gasteiger partial charge is 0.410 e. The van der Waals surface area contributed by atoms with Crippen LogP contribution in [0, 0.1) is 0 Å². The third-order valence-corrected chi connectivity index (χ3v) is 3.28. The number of nitrogens with zero attached hydrogens (tertiary/aromatic N) is 2. The Kier molecular flexibility index (Phi) is 7.48. The van der Waals surface area contributed by atoms with Gasteiger partial charge in [0, 0.05) is 26.7 Å². The second-order valence-corrected chi connectivity index (χ2v) is 8.29. The molecule has 6 nitrogen and oxygen atoms in total. The maximum Gasteiger partial charge on any atom is 0.410 e. The number of carbonyl (C=O) groups excluding carboxylic acids is 2. The summed E-state index contributed by atoms with van der Waals surface area (Å²) in [7, 11) is 1.66. The Labute approximate surface area is 157 Å². The van der Waals surface area contributed by atoms with E-state index >= 15 is 0 Å². The van der Waals surface area contributed by atoms with E-state index < -0.39 is 23.4 Å². The first-order chi connectivity index (χ1) is 11.9. The molecule has 2 amide bonds. The van der Waals surface area contributed by atoms with Crippen LogP contribution in [-0.2, 0) is 16.0 Å². The largest absolute Gasteiger partial charge is 0.444 e. The van der Waals surface area contributed by atoms with E-state index in [1.165, 1.54) is 4.90 Å². The highest BCUT2D eigenvalue weighted by Crippen LogP contribution is 2.13. The summed E-state index contributed by atoms with van der Waals surface area (Å²) in [5, 5.41) is 0. The summed E-state index contributed by atoms with van der Waals surface area (Å²) in [6.07, 6.45) is -0.819. The van der Waals surface area contributed by atoms with Crippen LogP contribution < -0.4 is 0 Å². The predicted octanol–water partition coefficient (Wildman–Crippen LogP) is 4.29. The molecule has 1 aromatic carbocycles. The molecular weight excluding hydrogens is 332 g/mol. The summed E-state index contributed by atoms with van der Waals surface area (Å²) in [6.45, 7) is 12.1. The molecule has 146 valence electrons. The van der Waals surface area contributed by atoms with Gasteiger partial charge >= 0.3 is 12.2 Å². The van der Waals surface area contributed by atoms with E-state index in [1.807, 2.05) is 71.9 Å². The minimum atomic E-state index is -0.580. The average Bonchev–Trinajstić information content (AvgIpc) is 2.48. The zero-order valence-electron chi connectivity index (χ0n) is 17.0. The van der Waals surface area contributed by atoms with Crippen molar-refractivity contribution in [2.24, 2.45) is 0 Å². The molecule has 6 heteroatoms. The molecule has 0 aliphatic rings. The molecule has 0 bridgehead atoms. The summed E-state index contributed by atoms with van der Waals surface area (Å²) < 4.78 is 10.8. The zero-order chi connectivity index (χ0) is 20.0. The van der Waals surface area contributed by atoms with Crippen LogP contribution in [0.1, 0.15) is 47.1 Å². The van der Waals surface area contributed by atoms with Crippen molar-refractivity contribution in [3.05, 3.63) is 35.9 Å². The lowest BCUT2D eigenvalue weighted by atomic mass is 10.2. The fourth-order valence-electron chi connectivity index (χ4n) is 2.07. The van der Waals surface area contributed by atoms with Gasteiger partial charge in [-0.15, -0.1) is 0 Å². The van der Waals surface area contributed by atoms with E-state index in [2.05, 4.69) is 0 Å². The van der Waals surface area contributed by atoms with Crippen LogP contribution in [0.15, 0.2) is 30.3 Å². The highest BCUT2D eigenvalue weighted by molar-refractivity contribution is 5.69. The molecule has 26 heavy (non-hydrogen) atoms. The first-order valence-corrected chi connectivity index (χ1v) is 8.83. The van der Waals surface area contributed by atoms with Crippen LogP contribution in [0.5, 0.6) is 0 Å². The van der Waals surface area contributed by atoms with Gasteiger partial charge < -0.3 is 19.3 Å². The lowest BCUT2D eigenvalue weighted by Gasteiger charge is -2.30. The standard InChI is InChI=1S/C20H32N2O4/c1-19(2,3)25-17(23)21(7)13-14-22(18(24)26-20(4,5)6)15-16-11-9-8-10-12-16/h8-12H,13-15H2,1-7H3. The molecule has 0 radical (unpaired) electrons. The average molecular weight is 364 g/mol. The Bertz CT molecular complexity index is 588. The van der Waals surface area contributed by atoms with Crippen molar-refractivity contribution in [1.82, 2.24) is 9.80 Å². The van der Waals surface area contributed by atoms with Crippen LogP contribution in [-0.4, -0.2) is 53.3 Å². The second-order valence-electron chi connectivity index (χ2n) is 8.29. The Balaban J connectivity index is 2.75. The molecule has 1 rings (SSSR count). The van der Waals surface area contributed by atoms with Crippen molar-refractivity contribution in [2.45, 2.75) is 59.3 Å². The van der Waals surface area contributed by atoms with Gasteiger partial charge in [-0.2, -0.15) is 0 Å². The third kappa shape index (κ3) is 8.74. The van der Waals surface area contributed by atoms with Gasteiger partial charge in [0.15, 0.2) is 0 Å². The SMILES string of the molecule is CN(CCN(Cc1ccccc1)C(=O)OC(C)(C)C)C(=O)OC(C)(C)C. The van der Waals surface area contributed by atoms with Crippen LogP contribution in [0.2, 0.25) is 0 Å². The fourth-order valence-corrected chi connectivity index (χ4v) is 2.07. The summed E-state index contributed by atoms with van der Waals surface area (Å²) >= 11 is 0. The highest BCUT2D eigenvalue weighted by Gasteiger charge is 2.24. The molecule has 0 aliphatic carbocycles. The van der Waals surface area contributed by atoms with Crippen molar-refractivity contribution >= 4 is 12.2 Å². The minimum Gasteiger partial charge on any atom is -0.444 e. The van der Waals surface area contributed by atoms with E-state index in [0.717, 1.165) is 5.56 Å². The normalized spacial score (nSPS) is 11.7. The molecule has 1 aromatic rings. The first-order valence-electron chi connectivity index (χ1n) is 8.83. The molecule has 0 unspecified atom stereocenters. The Hall–Kier alpha value is -2.24. The number of benzene rings is 1. The summed E-state index contributed by atoms with van der Waals surface area (Å²) in [6, 6.07) is 9.69. The van der Waals surface area contributed by atoms with E-state index in [0.29, 0.717) is 19.6 Å². The van der Waals surface area contributed by atoms with Gasteiger partial charge in [0.2, 0.25) is 0 Å². The molecule has 0 fully saturated rings. The van der Waals surface area contributed by atoms with Crippen LogP contribution in [0.4, 0.5) is 9.59 Å². The Morgan fingerprint density at radius 1 is 0.846 bits per heavy atom. The van der Waals surface area contributed by atoms with Gasteiger partial charge in [-0.05, 0) is 47.1 Å². The fraction of sp³-hybridized carbons (Fsp3) is 0.600. The molecule has 0 aliphatic heterocycles. The maximum atomic E-state index is 12.5. The van der Waals surface area contributed by atoms with Crippen LogP contribution >= 0.6 is 0 Å². The lowest BCUT2D eigenvalue weighted by Crippen LogP contribution is -2.42. The predicted molar refractivity (Wildman–Crippen MR) is 102 cm³/mol. The Morgan fingerprint density at radius 3 is 1.85 bits per heavy atom. The number of rotatable bonds is 5. The number of ether oxygens (including phenoxy) is 2.